The number of amides is 2. The van der Waals surface area contributed by atoms with Crippen LogP contribution in [0.1, 0.15) is 11.1 Å². The molecule has 6 nitrogen and oxygen atoms in total. The molecule has 0 aliphatic carbocycles. The third-order valence-corrected chi connectivity index (χ3v) is 5.38. The molecule has 0 bridgehead atoms. The molecule has 1 fully saturated rings. The predicted octanol–water partition coefficient (Wildman–Crippen LogP) is 4.52. The summed E-state index contributed by atoms with van der Waals surface area (Å²) in [7, 11) is 0. The van der Waals surface area contributed by atoms with Crippen molar-refractivity contribution < 1.29 is 4.79 Å². The molecule has 6 heteroatoms. The molecule has 1 heterocycles. The van der Waals surface area contributed by atoms with Crippen LogP contribution in [-0.4, -0.2) is 37.1 Å². The van der Waals surface area contributed by atoms with Crippen LogP contribution in [0.2, 0.25) is 0 Å². The van der Waals surface area contributed by atoms with E-state index in [1.165, 1.54) is 5.56 Å². The second-order valence-electron chi connectivity index (χ2n) is 7.56. The van der Waals surface area contributed by atoms with Crippen LogP contribution in [0.4, 0.5) is 21.9 Å². The molecule has 0 saturated carbocycles. The summed E-state index contributed by atoms with van der Waals surface area (Å²) >= 11 is 0. The third-order valence-electron chi connectivity index (χ3n) is 5.38. The van der Waals surface area contributed by atoms with Gasteiger partial charge in [-0.1, -0.05) is 30.3 Å². The van der Waals surface area contributed by atoms with Crippen molar-refractivity contribution in [3.8, 4) is 6.07 Å². The van der Waals surface area contributed by atoms with E-state index in [1.807, 2.05) is 24.3 Å². The highest BCUT2D eigenvalue weighted by atomic mass is 16.2. The highest BCUT2D eigenvalue weighted by molar-refractivity contribution is 5.99. The molecule has 1 aliphatic rings. The Hall–Kier alpha value is -3.82. The molecule has 1 saturated heterocycles. The van der Waals surface area contributed by atoms with E-state index in [-0.39, 0.29) is 6.03 Å². The number of nitrogens with one attached hydrogen (secondary N) is 2. The molecule has 3 aromatic carbocycles. The number of hydrogen-bond acceptors (Lipinski definition) is 4. The fraction of sp³-hybridized carbons (Fsp3) is 0.200. The van der Waals surface area contributed by atoms with Gasteiger partial charge in [-0.25, -0.2) is 4.79 Å². The van der Waals surface area contributed by atoms with Crippen LogP contribution in [0.15, 0.2) is 78.9 Å². The maximum absolute atomic E-state index is 12.2. The average Bonchev–Trinajstić information content (AvgIpc) is 2.81. The van der Waals surface area contributed by atoms with Crippen molar-refractivity contribution in [2.75, 3.05) is 41.7 Å². The van der Waals surface area contributed by atoms with E-state index in [9.17, 15) is 4.79 Å². The zero-order valence-corrected chi connectivity index (χ0v) is 17.3. The number of benzene rings is 3. The normalized spacial score (nSPS) is 14.0. The first-order chi connectivity index (χ1) is 15.2. The van der Waals surface area contributed by atoms with Crippen LogP contribution in [0.3, 0.4) is 0 Å². The monoisotopic (exact) mass is 411 g/mol. The van der Waals surface area contributed by atoms with E-state index in [2.05, 4.69) is 56.8 Å². The molecule has 3 aromatic rings. The number of carbonyl (C=O) groups is 1. The molecular formula is C25H25N5O. The number of rotatable bonds is 5. The SMILES string of the molecule is N#Cc1ccc(NC(=O)Nc2ccc(N3CCN(Cc4ccccc4)CC3)cc2)cc1. The number of carbonyl (C=O) groups excluding carboxylic acids is 1. The lowest BCUT2D eigenvalue weighted by Gasteiger charge is -2.36. The Morgan fingerprint density at radius 3 is 1.97 bits per heavy atom. The summed E-state index contributed by atoms with van der Waals surface area (Å²) in [6.07, 6.45) is 0. The molecule has 1 aliphatic heterocycles. The zero-order valence-electron chi connectivity index (χ0n) is 17.3. The Labute approximate surface area is 182 Å². The maximum atomic E-state index is 12.2. The summed E-state index contributed by atoms with van der Waals surface area (Å²) in [5.74, 6) is 0. The van der Waals surface area contributed by atoms with E-state index in [0.29, 0.717) is 11.3 Å². The summed E-state index contributed by atoms with van der Waals surface area (Å²) in [4.78, 5) is 17.1. The Balaban J connectivity index is 1.26. The first-order valence-electron chi connectivity index (χ1n) is 10.4. The number of nitriles is 1. The Kier molecular flexibility index (Phi) is 6.46. The van der Waals surface area contributed by atoms with Gasteiger partial charge >= 0.3 is 6.03 Å². The fourth-order valence-electron chi connectivity index (χ4n) is 3.68. The van der Waals surface area contributed by atoms with Crippen molar-refractivity contribution >= 4 is 23.1 Å². The minimum absolute atomic E-state index is 0.313. The largest absolute Gasteiger partial charge is 0.369 e. The summed E-state index contributed by atoms with van der Waals surface area (Å²) in [6.45, 7) is 5.02. The highest BCUT2D eigenvalue weighted by Crippen LogP contribution is 2.20. The van der Waals surface area contributed by atoms with Crippen molar-refractivity contribution in [3.05, 3.63) is 90.0 Å². The van der Waals surface area contributed by atoms with Gasteiger partial charge in [0.1, 0.15) is 0 Å². The van der Waals surface area contributed by atoms with Crippen molar-refractivity contribution in [3.63, 3.8) is 0 Å². The molecular weight excluding hydrogens is 386 g/mol. The number of hydrogen-bond donors (Lipinski definition) is 2. The predicted molar refractivity (Wildman–Crippen MR) is 124 cm³/mol. The lowest BCUT2D eigenvalue weighted by molar-refractivity contribution is 0.250. The number of piperazine rings is 1. The van der Waals surface area contributed by atoms with E-state index in [4.69, 9.17) is 5.26 Å². The molecule has 0 radical (unpaired) electrons. The number of anilines is 3. The molecule has 156 valence electrons. The van der Waals surface area contributed by atoms with Gasteiger partial charge in [0.2, 0.25) is 0 Å². The third kappa shape index (κ3) is 5.62. The van der Waals surface area contributed by atoms with Gasteiger partial charge in [-0.2, -0.15) is 5.26 Å². The number of urea groups is 1. The average molecular weight is 412 g/mol. The minimum atomic E-state index is -0.313. The van der Waals surface area contributed by atoms with Gasteiger partial charge < -0.3 is 15.5 Å². The van der Waals surface area contributed by atoms with Gasteiger partial charge in [-0.3, -0.25) is 4.90 Å². The number of nitrogens with zero attached hydrogens (tertiary/aromatic N) is 3. The first-order valence-corrected chi connectivity index (χ1v) is 10.4. The van der Waals surface area contributed by atoms with Gasteiger partial charge in [-0.05, 0) is 54.1 Å². The maximum Gasteiger partial charge on any atom is 0.323 e. The minimum Gasteiger partial charge on any atom is -0.369 e. The molecule has 0 unspecified atom stereocenters. The van der Waals surface area contributed by atoms with Gasteiger partial charge in [0, 0.05) is 49.8 Å². The van der Waals surface area contributed by atoms with Gasteiger partial charge in [0.15, 0.2) is 0 Å². The summed E-state index contributed by atoms with van der Waals surface area (Å²) in [5.41, 5.74) is 4.45. The molecule has 2 amide bonds. The lowest BCUT2D eigenvalue weighted by Crippen LogP contribution is -2.45. The van der Waals surface area contributed by atoms with E-state index in [1.54, 1.807) is 24.3 Å². The molecule has 0 spiro atoms. The van der Waals surface area contributed by atoms with Crippen molar-refractivity contribution in [1.29, 1.82) is 5.26 Å². The molecule has 0 aromatic heterocycles. The van der Waals surface area contributed by atoms with Crippen molar-refractivity contribution in [2.45, 2.75) is 6.54 Å². The Morgan fingerprint density at radius 1 is 0.806 bits per heavy atom. The summed E-state index contributed by atoms with van der Waals surface area (Å²) in [5, 5.41) is 14.4. The Morgan fingerprint density at radius 2 is 1.39 bits per heavy atom. The van der Waals surface area contributed by atoms with Crippen LogP contribution in [0, 0.1) is 11.3 Å². The zero-order chi connectivity index (χ0) is 21.5. The van der Waals surface area contributed by atoms with Crippen LogP contribution >= 0.6 is 0 Å². The van der Waals surface area contributed by atoms with Gasteiger partial charge in [0.25, 0.3) is 0 Å². The van der Waals surface area contributed by atoms with Crippen molar-refractivity contribution in [1.82, 2.24) is 4.90 Å². The summed E-state index contributed by atoms with van der Waals surface area (Å²) in [6, 6.07) is 27.0. The summed E-state index contributed by atoms with van der Waals surface area (Å²) < 4.78 is 0. The molecule has 2 N–H and O–H groups in total. The van der Waals surface area contributed by atoms with Crippen LogP contribution in [-0.2, 0) is 6.54 Å². The van der Waals surface area contributed by atoms with Crippen LogP contribution in [0.25, 0.3) is 0 Å². The topological polar surface area (TPSA) is 71.4 Å². The van der Waals surface area contributed by atoms with Gasteiger partial charge in [-0.15, -0.1) is 0 Å². The molecule has 0 atom stereocenters. The highest BCUT2D eigenvalue weighted by Gasteiger charge is 2.17. The van der Waals surface area contributed by atoms with Crippen LogP contribution in [0.5, 0.6) is 0 Å². The second kappa shape index (κ2) is 9.79. The smallest absolute Gasteiger partial charge is 0.323 e. The Bertz CT molecular complexity index is 1030. The van der Waals surface area contributed by atoms with E-state index < -0.39 is 0 Å². The molecule has 31 heavy (non-hydrogen) atoms. The lowest BCUT2D eigenvalue weighted by atomic mass is 10.2. The first kappa shape index (κ1) is 20.5. The standard InChI is InChI=1S/C25H25N5O/c26-18-20-6-8-22(9-7-20)27-25(31)28-23-10-12-24(13-11-23)30-16-14-29(15-17-30)19-21-4-2-1-3-5-21/h1-13H,14-17,19H2,(H2,27,28,31). The fourth-order valence-corrected chi connectivity index (χ4v) is 3.68. The molecule has 4 rings (SSSR count). The van der Waals surface area contributed by atoms with Gasteiger partial charge in [0.05, 0.1) is 11.6 Å². The van der Waals surface area contributed by atoms with E-state index >= 15 is 0 Å². The quantitative estimate of drug-likeness (QED) is 0.647. The van der Waals surface area contributed by atoms with E-state index in [0.717, 1.165) is 44.1 Å². The second-order valence-corrected chi connectivity index (χ2v) is 7.56. The van der Waals surface area contributed by atoms with Crippen molar-refractivity contribution in [2.24, 2.45) is 0 Å². The van der Waals surface area contributed by atoms with Crippen LogP contribution < -0.4 is 15.5 Å².